The minimum Gasteiger partial charge on any atom is -0.497 e. The molecule has 0 atom stereocenters. The highest BCUT2D eigenvalue weighted by Crippen LogP contribution is 2.15. The minimum atomic E-state index is -0.127. The molecule has 132 valence electrons. The molecule has 0 saturated carbocycles. The molecule has 2 aromatic carbocycles. The zero-order valence-electron chi connectivity index (χ0n) is 14.9. The van der Waals surface area contributed by atoms with E-state index in [9.17, 15) is 9.59 Å². The Bertz CT molecular complexity index is 722. The summed E-state index contributed by atoms with van der Waals surface area (Å²) in [5.41, 5.74) is 2.09. The van der Waals surface area contributed by atoms with Crippen LogP contribution in [0.2, 0.25) is 0 Å². The van der Waals surface area contributed by atoms with E-state index in [1.54, 1.807) is 36.3 Å². The summed E-state index contributed by atoms with van der Waals surface area (Å²) in [5.74, 6) is 0.598. The van der Waals surface area contributed by atoms with Gasteiger partial charge < -0.3 is 15.0 Å². The maximum Gasteiger partial charge on any atom is 0.253 e. The second-order valence-electron chi connectivity index (χ2n) is 5.63. The Morgan fingerprint density at radius 2 is 1.72 bits per heavy atom. The van der Waals surface area contributed by atoms with E-state index in [1.807, 2.05) is 38.1 Å². The fourth-order valence-corrected chi connectivity index (χ4v) is 2.56. The Hall–Kier alpha value is -2.82. The number of benzene rings is 2. The van der Waals surface area contributed by atoms with Crippen molar-refractivity contribution in [3.05, 3.63) is 59.7 Å². The van der Waals surface area contributed by atoms with E-state index in [1.165, 1.54) is 0 Å². The lowest BCUT2D eigenvalue weighted by Gasteiger charge is -2.19. The largest absolute Gasteiger partial charge is 0.497 e. The normalized spacial score (nSPS) is 10.2. The van der Waals surface area contributed by atoms with Crippen molar-refractivity contribution in [3.8, 4) is 5.75 Å². The maximum atomic E-state index is 12.4. The number of nitrogens with zero attached hydrogens (tertiary/aromatic N) is 1. The molecule has 0 unspecified atom stereocenters. The molecule has 0 bridgehead atoms. The number of anilines is 1. The molecule has 5 heteroatoms. The predicted molar refractivity (Wildman–Crippen MR) is 99.0 cm³/mol. The number of carbonyl (C=O) groups is 2. The van der Waals surface area contributed by atoms with Crippen LogP contribution < -0.4 is 10.1 Å². The summed E-state index contributed by atoms with van der Waals surface area (Å²) in [6, 6.07) is 14.4. The Morgan fingerprint density at radius 3 is 2.32 bits per heavy atom. The van der Waals surface area contributed by atoms with Crippen molar-refractivity contribution < 1.29 is 14.3 Å². The van der Waals surface area contributed by atoms with Gasteiger partial charge in [0.25, 0.3) is 5.91 Å². The van der Waals surface area contributed by atoms with E-state index in [2.05, 4.69) is 5.32 Å². The number of methoxy groups -OCH3 is 1. The first-order chi connectivity index (χ1) is 12.1. The molecule has 0 aromatic heterocycles. The van der Waals surface area contributed by atoms with E-state index in [0.29, 0.717) is 24.3 Å². The fourth-order valence-electron chi connectivity index (χ4n) is 2.56. The maximum absolute atomic E-state index is 12.4. The topological polar surface area (TPSA) is 58.6 Å². The van der Waals surface area contributed by atoms with Crippen LogP contribution in [0, 0.1) is 0 Å². The van der Waals surface area contributed by atoms with Gasteiger partial charge >= 0.3 is 0 Å². The highest BCUT2D eigenvalue weighted by molar-refractivity contribution is 5.97. The van der Waals surface area contributed by atoms with Crippen molar-refractivity contribution >= 4 is 17.5 Å². The molecule has 0 saturated heterocycles. The second kappa shape index (κ2) is 8.87. The summed E-state index contributed by atoms with van der Waals surface area (Å²) in [7, 11) is 1.61. The van der Waals surface area contributed by atoms with E-state index in [-0.39, 0.29) is 18.2 Å². The Labute approximate surface area is 148 Å². The summed E-state index contributed by atoms with van der Waals surface area (Å²) < 4.78 is 5.11. The van der Waals surface area contributed by atoms with Crippen LogP contribution in [0.15, 0.2) is 48.5 Å². The third kappa shape index (κ3) is 5.08. The standard InChI is InChI=1S/C20H24N2O3/c1-4-22(5-2)20(24)16-7-6-8-17(14-16)21-19(23)13-15-9-11-18(25-3)12-10-15/h6-12,14H,4-5,13H2,1-3H3,(H,21,23). The first-order valence-electron chi connectivity index (χ1n) is 8.39. The Balaban J connectivity index is 2.03. The highest BCUT2D eigenvalue weighted by atomic mass is 16.5. The van der Waals surface area contributed by atoms with Gasteiger partial charge in [-0.05, 0) is 49.7 Å². The molecular formula is C20H24N2O3. The van der Waals surface area contributed by atoms with Gasteiger partial charge in [-0.25, -0.2) is 0 Å². The van der Waals surface area contributed by atoms with E-state index >= 15 is 0 Å². The third-order valence-electron chi connectivity index (χ3n) is 3.97. The lowest BCUT2D eigenvalue weighted by atomic mass is 10.1. The summed E-state index contributed by atoms with van der Waals surface area (Å²) in [4.78, 5) is 26.4. The summed E-state index contributed by atoms with van der Waals surface area (Å²) in [6.07, 6.45) is 0.262. The molecule has 0 spiro atoms. The number of hydrogen-bond donors (Lipinski definition) is 1. The molecule has 1 N–H and O–H groups in total. The van der Waals surface area contributed by atoms with Gasteiger partial charge in [0, 0.05) is 24.3 Å². The van der Waals surface area contributed by atoms with Gasteiger partial charge in [0.1, 0.15) is 5.75 Å². The van der Waals surface area contributed by atoms with Crippen molar-refractivity contribution in [2.45, 2.75) is 20.3 Å². The fraction of sp³-hybridized carbons (Fsp3) is 0.300. The van der Waals surface area contributed by atoms with Gasteiger partial charge in [-0.1, -0.05) is 18.2 Å². The zero-order chi connectivity index (χ0) is 18.2. The molecule has 0 fully saturated rings. The molecule has 2 rings (SSSR count). The number of hydrogen-bond acceptors (Lipinski definition) is 3. The lowest BCUT2D eigenvalue weighted by Crippen LogP contribution is -2.30. The molecular weight excluding hydrogens is 316 g/mol. The van der Waals surface area contributed by atoms with Crippen LogP contribution in [0.1, 0.15) is 29.8 Å². The lowest BCUT2D eigenvalue weighted by molar-refractivity contribution is -0.115. The van der Waals surface area contributed by atoms with Gasteiger partial charge in [-0.15, -0.1) is 0 Å². The molecule has 0 aliphatic carbocycles. The molecule has 5 nitrogen and oxygen atoms in total. The zero-order valence-corrected chi connectivity index (χ0v) is 14.9. The predicted octanol–water partition coefficient (Wildman–Crippen LogP) is 3.36. The Morgan fingerprint density at radius 1 is 1.04 bits per heavy atom. The number of ether oxygens (including phenoxy) is 1. The molecule has 2 amide bonds. The quantitative estimate of drug-likeness (QED) is 0.841. The van der Waals surface area contributed by atoms with Crippen LogP contribution in [-0.4, -0.2) is 36.9 Å². The van der Waals surface area contributed by atoms with Crippen molar-refractivity contribution in [1.82, 2.24) is 4.90 Å². The average molecular weight is 340 g/mol. The van der Waals surface area contributed by atoms with Crippen LogP contribution in [-0.2, 0) is 11.2 Å². The van der Waals surface area contributed by atoms with Crippen LogP contribution >= 0.6 is 0 Å². The summed E-state index contributed by atoms with van der Waals surface area (Å²) in [5, 5.41) is 2.85. The smallest absolute Gasteiger partial charge is 0.253 e. The number of carbonyl (C=O) groups excluding carboxylic acids is 2. The third-order valence-corrected chi connectivity index (χ3v) is 3.97. The van der Waals surface area contributed by atoms with Crippen molar-refractivity contribution in [3.63, 3.8) is 0 Å². The minimum absolute atomic E-state index is 0.0312. The summed E-state index contributed by atoms with van der Waals surface area (Å²) in [6.45, 7) is 5.20. The highest BCUT2D eigenvalue weighted by Gasteiger charge is 2.13. The first kappa shape index (κ1) is 18.5. The number of amides is 2. The van der Waals surface area contributed by atoms with Gasteiger partial charge in [0.2, 0.25) is 5.91 Å². The van der Waals surface area contributed by atoms with Gasteiger partial charge in [-0.2, -0.15) is 0 Å². The average Bonchev–Trinajstić information content (AvgIpc) is 2.63. The van der Waals surface area contributed by atoms with Gasteiger partial charge in [0.05, 0.1) is 13.5 Å². The van der Waals surface area contributed by atoms with Crippen molar-refractivity contribution in [2.24, 2.45) is 0 Å². The number of nitrogens with one attached hydrogen (secondary N) is 1. The van der Waals surface area contributed by atoms with Crippen molar-refractivity contribution in [2.75, 3.05) is 25.5 Å². The number of rotatable bonds is 7. The van der Waals surface area contributed by atoms with Crippen LogP contribution in [0.4, 0.5) is 5.69 Å². The first-order valence-corrected chi connectivity index (χ1v) is 8.39. The van der Waals surface area contributed by atoms with Crippen LogP contribution in [0.3, 0.4) is 0 Å². The van der Waals surface area contributed by atoms with E-state index in [0.717, 1.165) is 11.3 Å². The second-order valence-corrected chi connectivity index (χ2v) is 5.63. The van der Waals surface area contributed by atoms with Crippen LogP contribution in [0.5, 0.6) is 5.75 Å². The van der Waals surface area contributed by atoms with E-state index < -0.39 is 0 Å². The molecule has 0 aliphatic rings. The van der Waals surface area contributed by atoms with E-state index in [4.69, 9.17) is 4.74 Å². The SMILES string of the molecule is CCN(CC)C(=O)c1cccc(NC(=O)Cc2ccc(OC)cc2)c1. The Kier molecular flexibility index (Phi) is 6.57. The summed E-state index contributed by atoms with van der Waals surface area (Å²) >= 11 is 0. The van der Waals surface area contributed by atoms with Crippen molar-refractivity contribution in [1.29, 1.82) is 0 Å². The monoisotopic (exact) mass is 340 g/mol. The molecule has 0 aliphatic heterocycles. The molecule has 0 radical (unpaired) electrons. The molecule has 0 heterocycles. The van der Waals surface area contributed by atoms with Gasteiger partial charge in [0.15, 0.2) is 0 Å². The molecule has 25 heavy (non-hydrogen) atoms. The van der Waals surface area contributed by atoms with Crippen LogP contribution in [0.25, 0.3) is 0 Å². The van der Waals surface area contributed by atoms with Gasteiger partial charge in [-0.3, -0.25) is 9.59 Å². The molecule has 2 aromatic rings.